The van der Waals surface area contributed by atoms with Crippen LogP contribution in [-0.2, 0) is 9.59 Å². The molecule has 0 radical (unpaired) electrons. The van der Waals surface area contributed by atoms with E-state index in [1.807, 2.05) is 6.92 Å². The summed E-state index contributed by atoms with van der Waals surface area (Å²) in [7, 11) is 0. The van der Waals surface area contributed by atoms with Gasteiger partial charge in [-0.15, -0.1) is 0 Å². The van der Waals surface area contributed by atoms with Crippen molar-refractivity contribution < 1.29 is 23.5 Å². The number of benzene rings is 2. The van der Waals surface area contributed by atoms with E-state index in [2.05, 4.69) is 10.6 Å². The maximum absolute atomic E-state index is 14.0. The molecule has 1 heterocycles. The lowest BCUT2D eigenvalue weighted by Gasteiger charge is -2.29. The standard InChI is InChI=1S/C20H19ClFN3O4/c1-2-8-23-17(26)10-25-15-9-12(6-7-16(15)29-11-18(25)27)24-20(28)19-13(21)4-3-5-14(19)22/h3-7,9H,2,8,10-11H2,1H3,(H,23,26)(H,24,28). The summed E-state index contributed by atoms with van der Waals surface area (Å²) < 4.78 is 19.4. The SMILES string of the molecule is CCCNC(=O)CN1C(=O)COc2ccc(NC(=O)c3c(F)cccc3Cl)cc21. The van der Waals surface area contributed by atoms with Gasteiger partial charge in [-0.2, -0.15) is 0 Å². The first kappa shape index (κ1) is 20.6. The van der Waals surface area contributed by atoms with Crippen LogP contribution in [0.5, 0.6) is 5.75 Å². The number of rotatable bonds is 6. The molecule has 0 saturated heterocycles. The van der Waals surface area contributed by atoms with Crippen LogP contribution < -0.4 is 20.3 Å². The molecular weight excluding hydrogens is 401 g/mol. The van der Waals surface area contributed by atoms with Gasteiger partial charge < -0.3 is 15.4 Å². The molecule has 2 aromatic carbocycles. The second-order valence-corrected chi connectivity index (χ2v) is 6.76. The summed E-state index contributed by atoms with van der Waals surface area (Å²) in [4.78, 5) is 38.1. The smallest absolute Gasteiger partial charge is 0.265 e. The van der Waals surface area contributed by atoms with Crippen LogP contribution in [0, 0.1) is 5.82 Å². The number of amides is 3. The maximum Gasteiger partial charge on any atom is 0.265 e. The number of anilines is 2. The molecule has 0 aliphatic carbocycles. The third-order valence-electron chi connectivity index (χ3n) is 4.22. The highest BCUT2D eigenvalue weighted by Gasteiger charge is 2.28. The molecule has 1 aliphatic heterocycles. The zero-order chi connectivity index (χ0) is 21.0. The predicted octanol–water partition coefficient (Wildman–Crippen LogP) is 2.98. The van der Waals surface area contributed by atoms with E-state index in [0.29, 0.717) is 23.7 Å². The molecule has 1 aliphatic rings. The number of fused-ring (bicyclic) bond motifs is 1. The number of ether oxygens (including phenoxy) is 1. The Morgan fingerprint density at radius 2 is 2.07 bits per heavy atom. The minimum Gasteiger partial charge on any atom is -0.482 e. The van der Waals surface area contributed by atoms with E-state index in [4.69, 9.17) is 16.3 Å². The monoisotopic (exact) mass is 419 g/mol. The molecule has 3 amide bonds. The topological polar surface area (TPSA) is 87.7 Å². The van der Waals surface area contributed by atoms with Crippen molar-refractivity contribution in [3.63, 3.8) is 0 Å². The van der Waals surface area contributed by atoms with Crippen LogP contribution in [0.4, 0.5) is 15.8 Å². The first-order valence-electron chi connectivity index (χ1n) is 9.00. The van der Waals surface area contributed by atoms with Gasteiger partial charge in [0.2, 0.25) is 5.91 Å². The van der Waals surface area contributed by atoms with E-state index in [-0.39, 0.29) is 35.6 Å². The van der Waals surface area contributed by atoms with E-state index in [1.165, 1.54) is 23.1 Å². The summed E-state index contributed by atoms with van der Waals surface area (Å²) in [6, 6.07) is 8.56. The molecule has 7 nitrogen and oxygen atoms in total. The van der Waals surface area contributed by atoms with Gasteiger partial charge >= 0.3 is 0 Å². The van der Waals surface area contributed by atoms with E-state index in [9.17, 15) is 18.8 Å². The summed E-state index contributed by atoms with van der Waals surface area (Å²) >= 11 is 5.93. The quantitative estimate of drug-likeness (QED) is 0.753. The Kier molecular flexibility index (Phi) is 6.33. The minimum atomic E-state index is -0.749. The Hall–Kier alpha value is -3.13. The summed E-state index contributed by atoms with van der Waals surface area (Å²) in [5.41, 5.74) is 0.352. The zero-order valence-electron chi connectivity index (χ0n) is 15.6. The number of nitrogens with one attached hydrogen (secondary N) is 2. The van der Waals surface area contributed by atoms with E-state index < -0.39 is 11.7 Å². The van der Waals surface area contributed by atoms with Crippen LogP contribution in [0.3, 0.4) is 0 Å². The molecule has 0 bridgehead atoms. The van der Waals surface area contributed by atoms with E-state index >= 15 is 0 Å². The normalized spacial score (nSPS) is 12.8. The van der Waals surface area contributed by atoms with Gasteiger partial charge in [0.15, 0.2) is 6.61 Å². The van der Waals surface area contributed by atoms with Crippen molar-refractivity contribution in [3.8, 4) is 5.75 Å². The van der Waals surface area contributed by atoms with Crippen molar-refractivity contribution in [1.82, 2.24) is 5.32 Å². The second kappa shape index (κ2) is 8.91. The van der Waals surface area contributed by atoms with Crippen molar-refractivity contribution in [2.75, 3.05) is 29.9 Å². The average Bonchev–Trinajstić information content (AvgIpc) is 2.68. The molecule has 152 valence electrons. The van der Waals surface area contributed by atoms with Crippen molar-refractivity contribution in [2.45, 2.75) is 13.3 Å². The number of carbonyl (C=O) groups is 3. The molecule has 0 spiro atoms. The largest absolute Gasteiger partial charge is 0.482 e. The maximum atomic E-state index is 14.0. The highest BCUT2D eigenvalue weighted by Crippen LogP contribution is 2.34. The van der Waals surface area contributed by atoms with Crippen LogP contribution >= 0.6 is 11.6 Å². The Morgan fingerprint density at radius 1 is 1.28 bits per heavy atom. The van der Waals surface area contributed by atoms with Crippen LogP contribution in [0.1, 0.15) is 23.7 Å². The van der Waals surface area contributed by atoms with Gasteiger partial charge in [-0.1, -0.05) is 24.6 Å². The van der Waals surface area contributed by atoms with Crippen LogP contribution in [0.15, 0.2) is 36.4 Å². The first-order valence-corrected chi connectivity index (χ1v) is 9.37. The molecule has 29 heavy (non-hydrogen) atoms. The minimum absolute atomic E-state index is 0.0202. The fourth-order valence-corrected chi connectivity index (χ4v) is 3.07. The third kappa shape index (κ3) is 4.65. The number of carbonyl (C=O) groups excluding carboxylic acids is 3. The number of hydrogen-bond donors (Lipinski definition) is 2. The molecule has 3 rings (SSSR count). The van der Waals surface area contributed by atoms with Gasteiger partial charge in [0.1, 0.15) is 18.1 Å². The van der Waals surface area contributed by atoms with E-state index in [0.717, 1.165) is 12.5 Å². The Morgan fingerprint density at radius 3 is 2.79 bits per heavy atom. The first-order chi connectivity index (χ1) is 13.9. The fourth-order valence-electron chi connectivity index (χ4n) is 2.83. The van der Waals surface area contributed by atoms with Crippen LogP contribution in [-0.4, -0.2) is 37.4 Å². The molecule has 0 atom stereocenters. The Balaban J connectivity index is 1.84. The van der Waals surface area contributed by atoms with Gasteiger partial charge in [-0.25, -0.2) is 4.39 Å². The predicted molar refractivity (Wildman–Crippen MR) is 107 cm³/mol. The Bertz CT molecular complexity index is 946. The summed E-state index contributed by atoms with van der Waals surface area (Å²) in [6.45, 7) is 2.06. The molecule has 0 aromatic heterocycles. The molecule has 2 N–H and O–H groups in total. The van der Waals surface area contributed by atoms with Crippen molar-refractivity contribution in [2.24, 2.45) is 0 Å². The number of halogens is 2. The van der Waals surface area contributed by atoms with Crippen molar-refractivity contribution in [3.05, 3.63) is 52.8 Å². The zero-order valence-corrected chi connectivity index (χ0v) is 16.4. The van der Waals surface area contributed by atoms with Crippen molar-refractivity contribution >= 4 is 40.7 Å². The summed E-state index contributed by atoms with van der Waals surface area (Å²) in [5.74, 6) is -1.77. The Labute approximate surface area is 171 Å². The van der Waals surface area contributed by atoms with Crippen molar-refractivity contribution in [1.29, 1.82) is 0 Å². The molecule has 9 heteroatoms. The van der Waals surface area contributed by atoms with Gasteiger partial charge in [0.25, 0.3) is 11.8 Å². The molecule has 0 saturated carbocycles. The average molecular weight is 420 g/mol. The van der Waals surface area contributed by atoms with Crippen LogP contribution in [0.2, 0.25) is 5.02 Å². The number of nitrogens with zero attached hydrogens (tertiary/aromatic N) is 1. The molecule has 0 fully saturated rings. The second-order valence-electron chi connectivity index (χ2n) is 6.35. The highest BCUT2D eigenvalue weighted by atomic mass is 35.5. The fraction of sp³-hybridized carbons (Fsp3) is 0.250. The summed E-state index contributed by atoms with van der Waals surface area (Å²) in [5, 5.41) is 5.25. The van der Waals surface area contributed by atoms with Gasteiger partial charge in [-0.3, -0.25) is 19.3 Å². The lowest BCUT2D eigenvalue weighted by atomic mass is 10.1. The summed E-state index contributed by atoms with van der Waals surface area (Å²) in [6.07, 6.45) is 0.772. The highest BCUT2D eigenvalue weighted by molar-refractivity contribution is 6.34. The third-order valence-corrected chi connectivity index (χ3v) is 4.54. The van der Waals surface area contributed by atoms with Gasteiger partial charge in [0, 0.05) is 12.2 Å². The lowest BCUT2D eigenvalue weighted by Crippen LogP contribution is -2.45. The van der Waals surface area contributed by atoms with Crippen LogP contribution in [0.25, 0.3) is 0 Å². The lowest BCUT2D eigenvalue weighted by molar-refractivity contribution is -0.125. The molecule has 0 unspecified atom stereocenters. The number of hydrogen-bond acceptors (Lipinski definition) is 4. The molecular formula is C20H19ClFN3O4. The van der Waals surface area contributed by atoms with Gasteiger partial charge in [0.05, 0.1) is 16.3 Å². The molecule has 2 aromatic rings. The van der Waals surface area contributed by atoms with E-state index in [1.54, 1.807) is 12.1 Å². The van der Waals surface area contributed by atoms with Gasteiger partial charge in [-0.05, 0) is 36.8 Å².